The van der Waals surface area contributed by atoms with Crippen LogP contribution in [0.5, 0.6) is 0 Å². The first-order valence-corrected chi connectivity index (χ1v) is 10.8. The van der Waals surface area contributed by atoms with E-state index in [-0.39, 0.29) is 17.6 Å². The van der Waals surface area contributed by atoms with Gasteiger partial charge in [0.05, 0.1) is 17.7 Å². The van der Waals surface area contributed by atoms with E-state index in [0.717, 1.165) is 19.3 Å². The van der Waals surface area contributed by atoms with Crippen LogP contribution in [-0.4, -0.2) is 47.9 Å². The second-order valence-electron chi connectivity index (χ2n) is 8.66. The highest BCUT2D eigenvalue weighted by atomic mass is 19.1. The third-order valence-electron chi connectivity index (χ3n) is 6.56. The average molecular weight is 426 g/mol. The fourth-order valence-corrected chi connectivity index (χ4v) is 4.80. The lowest BCUT2D eigenvalue weighted by Gasteiger charge is -2.25. The van der Waals surface area contributed by atoms with E-state index < -0.39 is 17.3 Å². The van der Waals surface area contributed by atoms with Gasteiger partial charge in [0.25, 0.3) is 5.56 Å². The second-order valence-corrected chi connectivity index (χ2v) is 8.66. The SMILES string of the molecule is [C-]#[N+]CCN[C@@H](C)[C@@H]1CCN(c2c(F)cc3cc(C(=O)O)c(=O)n(C4CC4)c3c2C)C1. The van der Waals surface area contributed by atoms with Crippen molar-refractivity contribution < 1.29 is 14.3 Å². The number of benzene rings is 1. The van der Waals surface area contributed by atoms with Crippen molar-refractivity contribution in [3.8, 4) is 0 Å². The van der Waals surface area contributed by atoms with Gasteiger partial charge in [-0.25, -0.2) is 15.8 Å². The highest BCUT2D eigenvalue weighted by Crippen LogP contribution is 2.40. The minimum atomic E-state index is -1.29. The molecule has 0 radical (unpaired) electrons. The van der Waals surface area contributed by atoms with Gasteiger partial charge in [-0.3, -0.25) is 4.79 Å². The number of pyridine rings is 1. The van der Waals surface area contributed by atoms with Gasteiger partial charge in [-0.05, 0) is 56.7 Å². The lowest BCUT2D eigenvalue weighted by Crippen LogP contribution is -2.36. The molecular formula is C23H27FN4O3. The van der Waals surface area contributed by atoms with Crippen LogP contribution in [0, 0.1) is 25.2 Å². The largest absolute Gasteiger partial charge is 0.477 e. The molecule has 1 saturated heterocycles. The van der Waals surface area contributed by atoms with Crippen molar-refractivity contribution in [2.45, 2.75) is 45.2 Å². The summed E-state index contributed by atoms with van der Waals surface area (Å²) in [5.41, 5.74) is 0.998. The van der Waals surface area contributed by atoms with Gasteiger partial charge >= 0.3 is 5.97 Å². The van der Waals surface area contributed by atoms with Crippen LogP contribution >= 0.6 is 0 Å². The number of halogens is 1. The predicted octanol–water partition coefficient (Wildman–Crippen LogP) is 3.21. The van der Waals surface area contributed by atoms with Gasteiger partial charge in [-0.15, -0.1) is 0 Å². The third kappa shape index (κ3) is 3.90. The Morgan fingerprint density at radius 1 is 1.39 bits per heavy atom. The molecule has 2 aliphatic rings. The third-order valence-corrected chi connectivity index (χ3v) is 6.56. The molecule has 2 N–H and O–H groups in total. The highest BCUT2D eigenvalue weighted by molar-refractivity contribution is 5.95. The number of carboxylic acids is 1. The van der Waals surface area contributed by atoms with E-state index in [1.165, 1.54) is 12.1 Å². The van der Waals surface area contributed by atoms with Crippen molar-refractivity contribution in [3.05, 3.63) is 50.8 Å². The summed E-state index contributed by atoms with van der Waals surface area (Å²) in [6, 6.07) is 2.87. The Hall–Kier alpha value is -2.92. The van der Waals surface area contributed by atoms with Crippen molar-refractivity contribution in [2.75, 3.05) is 31.1 Å². The normalized spacial score (nSPS) is 19.5. The number of hydrogen-bond acceptors (Lipinski definition) is 4. The standard InChI is InChI=1S/C23H27FN4O3/c1-13-20-16(10-18(23(30)31)22(29)28(20)17-4-5-17)11-19(24)21(13)27-9-6-15(12-27)14(2)26-8-7-25-3/h10-11,14-15,17,26H,4-9,12H2,1-2H3,(H,30,31)/t14-,15+/m0/s1. The van der Waals surface area contributed by atoms with Crippen LogP contribution in [0.25, 0.3) is 15.7 Å². The molecule has 2 aromatic rings. The molecule has 0 spiro atoms. The van der Waals surface area contributed by atoms with Gasteiger partial charge in [0.2, 0.25) is 6.54 Å². The smallest absolute Gasteiger partial charge is 0.341 e. The topological polar surface area (TPSA) is 78.9 Å². The summed E-state index contributed by atoms with van der Waals surface area (Å²) in [4.78, 5) is 29.9. The zero-order valence-electron chi connectivity index (χ0n) is 17.8. The number of nitrogens with one attached hydrogen (secondary N) is 1. The number of nitrogens with zero attached hydrogens (tertiary/aromatic N) is 3. The van der Waals surface area contributed by atoms with Gasteiger partial charge in [-0.1, -0.05) is 0 Å². The first-order valence-electron chi connectivity index (χ1n) is 10.8. The molecule has 1 aromatic heterocycles. The van der Waals surface area contributed by atoms with E-state index >= 15 is 4.39 Å². The molecule has 8 heteroatoms. The van der Waals surface area contributed by atoms with Gasteiger partial charge in [0.1, 0.15) is 11.4 Å². The van der Waals surface area contributed by atoms with E-state index in [2.05, 4.69) is 17.1 Å². The number of anilines is 1. The number of aryl methyl sites for hydroxylation is 1. The Balaban J connectivity index is 1.72. The Kier molecular flexibility index (Phi) is 5.71. The lowest BCUT2D eigenvalue weighted by atomic mass is 10.0. The molecule has 4 rings (SSSR count). The molecule has 1 saturated carbocycles. The maximum atomic E-state index is 15.3. The zero-order valence-corrected chi connectivity index (χ0v) is 17.8. The molecule has 1 aliphatic heterocycles. The highest BCUT2D eigenvalue weighted by Gasteiger charge is 2.33. The van der Waals surface area contributed by atoms with E-state index in [4.69, 9.17) is 6.57 Å². The molecule has 0 amide bonds. The Bertz CT molecular complexity index is 1130. The summed E-state index contributed by atoms with van der Waals surface area (Å²) in [7, 11) is 0. The minimum absolute atomic E-state index is 0.0238. The molecule has 164 valence electrons. The summed E-state index contributed by atoms with van der Waals surface area (Å²) in [5, 5.41) is 13.3. The Morgan fingerprint density at radius 2 is 2.13 bits per heavy atom. The molecule has 1 aromatic carbocycles. The monoisotopic (exact) mass is 426 g/mol. The van der Waals surface area contributed by atoms with Crippen LogP contribution in [0.2, 0.25) is 0 Å². The fraction of sp³-hybridized carbons (Fsp3) is 0.522. The van der Waals surface area contributed by atoms with Crippen molar-refractivity contribution in [1.82, 2.24) is 9.88 Å². The number of aromatic nitrogens is 1. The lowest BCUT2D eigenvalue weighted by molar-refractivity contribution is 0.0694. The first-order chi connectivity index (χ1) is 14.8. The van der Waals surface area contributed by atoms with Gasteiger partial charge in [0, 0.05) is 30.6 Å². The second kappa shape index (κ2) is 8.31. The Labute approximate surface area is 180 Å². The summed E-state index contributed by atoms with van der Waals surface area (Å²) in [6.45, 7) is 13.3. The van der Waals surface area contributed by atoms with Crippen molar-refractivity contribution in [1.29, 1.82) is 0 Å². The van der Waals surface area contributed by atoms with Crippen LogP contribution in [0.4, 0.5) is 10.1 Å². The van der Waals surface area contributed by atoms with Crippen LogP contribution in [0.1, 0.15) is 48.1 Å². The van der Waals surface area contributed by atoms with Gasteiger partial charge in [0.15, 0.2) is 0 Å². The van der Waals surface area contributed by atoms with E-state index in [9.17, 15) is 14.7 Å². The molecule has 7 nitrogen and oxygen atoms in total. The van der Waals surface area contributed by atoms with Crippen molar-refractivity contribution in [3.63, 3.8) is 0 Å². The van der Waals surface area contributed by atoms with Gasteiger partial charge in [-0.2, -0.15) is 0 Å². The molecule has 2 atom stereocenters. The van der Waals surface area contributed by atoms with Crippen LogP contribution < -0.4 is 15.8 Å². The molecule has 0 unspecified atom stereocenters. The molecule has 1 aliphatic carbocycles. The maximum absolute atomic E-state index is 15.3. The van der Waals surface area contributed by atoms with Crippen LogP contribution in [0.15, 0.2) is 16.9 Å². The number of carboxylic acid groups (broad SMARTS) is 1. The van der Waals surface area contributed by atoms with Crippen LogP contribution in [-0.2, 0) is 0 Å². The van der Waals surface area contributed by atoms with Crippen LogP contribution in [0.3, 0.4) is 0 Å². The zero-order chi connectivity index (χ0) is 22.3. The average Bonchev–Trinajstić information content (AvgIpc) is 3.44. The summed E-state index contributed by atoms with van der Waals surface area (Å²) in [5.74, 6) is -1.35. The van der Waals surface area contributed by atoms with Crippen molar-refractivity contribution in [2.24, 2.45) is 5.92 Å². The van der Waals surface area contributed by atoms with E-state index in [0.29, 0.717) is 54.3 Å². The number of rotatable bonds is 7. The molecular weight excluding hydrogens is 399 g/mol. The fourth-order valence-electron chi connectivity index (χ4n) is 4.80. The quantitative estimate of drug-likeness (QED) is 0.525. The van der Waals surface area contributed by atoms with Gasteiger partial charge < -0.3 is 24.7 Å². The molecule has 2 heterocycles. The molecule has 0 bridgehead atoms. The number of fused-ring (bicyclic) bond motifs is 1. The summed E-state index contributed by atoms with van der Waals surface area (Å²) >= 11 is 0. The Morgan fingerprint density at radius 3 is 2.77 bits per heavy atom. The first kappa shape index (κ1) is 21.3. The number of carbonyl (C=O) groups is 1. The number of hydrogen-bond donors (Lipinski definition) is 2. The summed E-state index contributed by atoms with van der Waals surface area (Å²) < 4.78 is 16.8. The summed E-state index contributed by atoms with van der Waals surface area (Å²) in [6.07, 6.45) is 2.56. The van der Waals surface area contributed by atoms with Crippen molar-refractivity contribution >= 4 is 22.6 Å². The minimum Gasteiger partial charge on any atom is -0.477 e. The maximum Gasteiger partial charge on any atom is 0.341 e. The molecule has 2 fully saturated rings. The van der Waals surface area contributed by atoms with E-state index in [1.54, 1.807) is 4.57 Å². The molecule has 31 heavy (non-hydrogen) atoms. The van der Waals surface area contributed by atoms with E-state index in [1.807, 2.05) is 11.8 Å². The predicted molar refractivity (Wildman–Crippen MR) is 117 cm³/mol. The number of aromatic carboxylic acids is 1.